The second-order valence-electron chi connectivity index (χ2n) is 8.13. The van der Waals surface area contributed by atoms with Crippen molar-refractivity contribution in [1.29, 1.82) is 0 Å². The lowest BCUT2D eigenvalue weighted by molar-refractivity contribution is -0.122. The number of fused-ring (bicyclic) bond motifs is 2. The highest BCUT2D eigenvalue weighted by Crippen LogP contribution is 2.34. The molecule has 180 valence electrons. The van der Waals surface area contributed by atoms with Crippen LogP contribution in [0, 0.1) is 0 Å². The van der Waals surface area contributed by atoms with Crippen LogP contribution in [0.4, 0.5) is 22.1 Å². The van der Waals surface area contributed by atoms with Crippen molar-refractivity contribution in [1.82, 2.24) is 25.1 Å². The number of aromatic nitrogens is 4. The Morgan fingerprint density at radius 2 is 2.18 bits per heavy atom. The normalized spacial score (nSPS) is 17.1. The van der Waals surface area contributed by atoms with Crippen LogP contribution in [-0.2, 0) is 18.3 Å². The fourth-order valence-corrected chi connectivity index (χ4v) is 4.42. The number of piperazine rings is 1. The van der Waals surface area contributed by atoms with Crippen molar-refractivity contribution in [3.05, 3.63) is 30.1 Å². The van der Waals surface area contributed by atoms with E-state index in [0.29, 0.717) is 29.8 Å². The molecule has 0 aliphatic carbocycles. The Morgan fingerprint density at radius 3 is 2.91 bits per heavy atom. The van der Waals surface area contributed by atoms with Gasteiger partial charge in [-0.25, -0.2) is 9.78 Å². The number of aryl methyl sites for hydroxylation is 1. The molecule has 5 heterocycles. The fraction of sp³-hybridized carbons (Fsp3) is 0.409. The van der Waals surface area contributed by atoms with E-state index < -0.39 is 0 Å². The number of methoxy groups -OCH3 is 1. The second kappa shape index (κ2) is 9.91. The molecular weight excluding hydrogens is 440 g/mol. The van der Waals surface area contributed by atoms with Gasteiger partial charge in [0.05, 0.1) is 7.11 Å². The van der Waals surface area contributed by atoms with Crippen LogP contribution in [0.25, 0.3) is 10.9 Å². The number of nitrogens with one attached hydrogen (secondary N) is 2. The monoisotopic (exact) mass is 468 g/mol. The van der Waals surface area contributed by atoms with Gasteiger partial charge < -0.3 is 20.1 Å². The molecule has 0 aromatic carbocycles. The number of nitrogens with zero attached hydrogens (tertiary/aromatic N) is 6. The lowest BCUT2D eigenvalue weighted by atomic mass is 10.1. The summed E-state index contributed by atoms with van der Waals surface area (Å²) in [4.78, 5) is 34.5. The Balaban J connectivity index is 0.000000868. The third-order valence-electron chi connectivity index (χ3n) is 5.81. The van der Waals surface area contributed by atoms with Crippen molar-refractivity contribution in [3.63, 3.8) is 0 Å². The Labute approximate surface area is 196 Å². The summed E-state index contributed by atoms with van der Waals surface area (Å²) in [5.74, 6) is 1.52. The van der Waals surface area contributed by atoms with Gasteiger partial charge in [0.1, 0.15) is 11.6 Å². The summed E-state index contributed by atoms with van der Waals surface area (Å²) < 4.78 is 7.06. The van der Waals surface area contributed by atoms with E-state index in [1.807, 2.05) is 13.2 Å². The SMILES string of the molecule is COc1nc(NC(=O)N2CCc3c(N4CCN[C@H](C)C4)ccnc32)cc2cn(C)nc12.O=CO. The highest BCUT2D eigenvalue weighted by Gasteiger charge is 2.30. The minimum absolute atomic E-state index is 0.250. The maximum atomic E-state index is 13.1. The molecule has 2 aliphatic heterocycles. The number of urea groups is 1. The number of pyridine rings is 2. The van der Waals surface area contributed by atoms with Crippen molar-refractivity contribution < 1.29 is 19.4 Å². The molecule has 12 heteroatoms. The number of carboxylic acid groups (broad SMARTS) is 1. The number of anilines is 3. The summed E-state index contributed by atoms with van der Waals surface area (Å²) in [5, 5.41) is 18.5. The van der Waals surface area contributed by atoms with Gasteiger partial charge in [0, 0.05) is 68.3 Å². The molecule has 12 nitrogen and oxygen atoms in total. The van der Waals surface area contributed by atoms with E-state index >= 15 is 0 Å². The number of rotatable bonds is 3. The summed E-state index contributed by atoms with van der Waals surface area (Å²) >= 11 is 0. The third-order valence-corrected chi connectivity index (χ3v) is 5.81. The van der Waals surface area contributed by atoms with Crippen LogP contribution in [0.2, 0.25) is 0 Å². The largest absolute Gasteiger partial charge is 0.483 e. The molecule has 0 unspecified atom stereocenters. The van der Waals surface area contributed by atoms with Gasteiger partial charge >= 0.3 is 6.03 Å². The first-order valence-electron chi connectivity index (χ1n) is 11.0. The zero-order valence-electron chi connectivity index (χ0n) is 19.4. The van der Waals surface area contributed by atoms with Crippen LogP contribution < -0.4 is 25.2 Å². The fourth-order valence-electron chi connectivity index (χ4n) is 4.42. The molecule has 0 spiro atoms. The Bertz CT molecular complexity index is 1200. The first-order chi connectivity index (χ1) is 16.4. The number of amides is 2. The molecule has 0 bridgehead atoms. The quantitative estimate of drug-likeness (QED) is 0.488. The molecule has 34 heavy (non-hydrogen) atoms. The van der Waals surface area contributed by atoms with E-state index in [4.69, 9.17) is 14.6 Å². The van der Waals surface area contributed by atoms with Gasteiger partial charge in [-0.1, -0.05) is 0 Å². The topological polar surface area (TPSA) is 138 Å². The third kappa shape index (κ3) is 4.57. The average Bonchev–Trinajstić information content (AvgIpc) is 3.41. The van der Waals surface area contributed by atoms with E-state index in [9.17, 15) is 4.79 Å². The molecular formula is C22H28N8O4. The first kappa shape index (κ1) is 23.2. The smallest absolute Gasteiger partial charge is 0.328 e. The maximum Gasteiger partial charge on any atom is 0.328 e. The van der Waals surface area contributed by atoms with Crippen LogP contribution >= 0.6 is 0 Å². The number of hydrogen-bond acceptors (Lipinski definition) is 8. The summed E-state index contributed by atoms with van der Waals surface area (Å²) in [5.41, 5.74) is 2.95. The van der Waals surface area contributed by atoms with Gasteiger partial charge in [0.25, 0.3) is 6.47 Å². The van der Waals surface area contributed by atoms with Crippen molar-refractivity contribution in [3.8, 4) is 5.88 Å². The van der Waals surface area contributed by atoms with Gasteiger partial charge in [0.2, 0.25) is 5.88 Å². The van der Waals surface area contributed by atoms with Gasteiger partial charge in [-0.2, -0.15) is 10.1 Å². The summed E-state index contributed by atoms with van der Waals surface area (Å²) in [6, 6.07) is 4.03. The number of ether oxygens (including phenoxy) is 1. The van der Waals surface area contributed by atoms with Crippen LogP contribution in [0.3, 0.4) is 0 Å². The molecule has 1 saturated heterocycles. The zero-order valence-corrected chi connectivity index (χ0v) is 19.4. The summed E-state index contributed by atoms with van der Waals surface area (Å²) in [7, 11) is 3.38. The minimum atomic E-state index is -0.255. The van der Waals surface area contributed by atoms with E-state index in [0.717, 1.165) is 42.8 Å². The number of carbonyl (C=O) groups is 2. The molecule has 3 aromatic rings. The van der Waals surface area contributed by atoms with Gasteiger partial charge in [-0.05, 0) is 25.5 Å². The van der Waals surface area contributed by atoms with Crippen molar-refractivity contribution in [2.45, 2.75) is 19.4 Å². The van der Waals surface area contributed by atoms with Crippen molar-refractivity contribution >= 4 is 40.7 Å². The Hall–Kier alpha value is -3.93. The lowest BCUT2D eigenvalue weighted by Crippen LogP contribution is -2.49. The summed E-state index contributed by atoms with van der Waals surface area (Å²) in [6.07, 6.45) is 4.43. The Morgan fingerprint density at radius 1 is 1.38 bits per heavy atom. The zero-order chi connectivity index (χ0) is 24.2. The van der Waals surface area contributed by atoms with Gasteiger partial charge in [-0.15, -0.1) is 0 Å². The first-order valence-corrected chi connectivity index (χ1v) is 11.0. The maximum absolute atomic E-state index is 13.1. The molecule has 1 atom stereocenters. The molecule has 3 aromatic heterocycles. The van der Waals surface area contributed by atoms with Crippen molar-refractivity contribution in [2.75, 3.05) is 48.4 Å². The average molecular weight is 469 g/mol. The molecule has 1 fully saturated rings. The molecule has 2 amide bonds. The highest BCUT2D eigenvalue weighted by atomic mass is 16.5. The highest BCUT2D eigenvalue weighted by molar-refractivity contribution is 6.03. The van der Waals surface area contributed by atoms with E-state index in [-0.39, 0.29) is 12.5 Å². The Kier molecular flexibility index (Phi) is 6.77. The standard InChI is InChI=1S/C21H26N8O2.CH2O2/c1-13-11-28(9-7-22-13)16-4-6-23-19-15(16)5-8-29(19)21(30)25-17-10-14-12-27(2)26-18(14)20(24-17)31-3;2-1-3/h4,6,10,12-13,22H,5,7-9,11H2,1-3H3,(H,25,30);1H,(H,2,3)/t13-;/m1./s1. The van der Waals surface area contributed by atoms with Crippen LogP contribution in [-0.4, -0.2) is 76.7 Å². The predicted octanol–water partition coefficient (Wildman–Crippen LogP) is 1.47. The van der Waals surface area contributed by atoms with Crippen LogP contribution in [0.15, 0.2) is 24.5 Å². The molecule has 2 aliphatic rings. The summed E-state index contributed by atoms with van der Waals surface area (Å²) in [6.45, 7) is 5.36. The molecule has 3 N–H and O–H groups in total. The second-order valence-corrected chi connectivity index (χ2v) is 8.13. The van der Waals surface area contributed by atoms with Gasteiger partial charge in [-0.3, -0.25) is 19.7 Å². The van der Waals surface area contributed by atoms with Crippen LogP contribution in [0.1, 0.15) is 12.5 Å². The number of hydrogen-bond donors (Lipinski definition) is 3. The minimum Gasteiger partial charge on any atom is -0.483 e. The van der Waals surface area contributed by atoms with E-state index in [1.165, 1.54) is 5.69 Å². The lowest BCUT2D eigenvalue weighted by Gasteiger charge is -2.34. The molecule has 0 radical (unpaired) electrons. The van der Waals surface area contributed by atoms with Gasteiger partial charge in [0.15, 0.2) is 5.52 Å². The van der Waals surface area contributed by atoms with E-state index in [1.54, 1.807) is 29.0 Å². The molecule has 5 rings (SSSR count). The predicted molar refractivity (Wildman–Crippen MR) is 128 cm³/mol. The van der Waals surface area contributed by atoms with Crippen molar-refractivity contribution in [2.24, 2.45) is 7.05 Å². The number of carbonyl (C=O) groups excluding carboxylic acids is 1. The van der Waals surface area contributed by atoms with E-state index in [2.05, 4.69) is 43.6 Å². The van der Waals surface area contributed by atoms with Crippen LogP contribution in [0.5, 0.6) is 5.88 Å². The molecule has 0 saturated carbocycles.